The largest absolute Gasteiger partial charge is 0.366 e. The van der Waals surface area contributed by atoms with E-state index in [4.69, 9.17) is 22.6 Å². The summed E-state index contributed by atoms with van der Waals surface area (Å²) in [5.74, 6) is -0.238. The highest BCUT2D eigenvalue weighted by Gasteiger charge is 2.18. The van der Waals surface area contributed by atoms with E-state index in [2.05, 4.69) is 25.2 Å². The van der Waals surface area contributed by atoms with Crippen LogP contribution in [0.3, 0.4) is 0 Å². The average Bonchev–Trinajstić information content (AvgIpc) is 2.54. The summed E-state index contributed by atoms with van der Waals surface area (Å²) < 4.78 is 0. The number of rotatable bonds is 8. The quantitative estimate of drug-likeness (QED) is 0.748. The van der Waals surface area contributed by atoms with Crippen molar-refractivity contribution in [2.45, 2.75) is 33.1 Å². The first-order chi connectivity index (χ1) is 11.4. The molecule has 0 spiro atoms. The van der Waals surface area contributed by atoms with Crippen molar-refractivity contribution in [2.24, 2.45) is 11.7 Å². The number of nitriles is 1. The van der Waals surface area contributed by atoms with E-state index in [1.54, 1.807) is 11.0 Å². The minimum atomic E-state index is -0.623. The molecule has 0 atom stereocenters. The van der Waals surface area contributed by atoms with Gasteiger partial charge in [0.1, 0.15) is 0 Å². The van der Waals surface area contributed by atoms with Crippen LogP contribution in [-0.4, -0.2) is 29.9 Å². The highest BCUT2D eigenvalue weighted by atomic mass is 35.5. The molecule has 0 aliphatic rings. The number of primary amides is 1. The third-order valence-electron chi connectivity index (χ3n) is 3.90. The van der Waals surface area contributed by atoms with Gasteiger partial charge in [0, 0.05) is 18.8 Å². The number of halogens is 1. The van der Waals surface area contributed by atoms with Gasteiger partial charge in [0.05, 0.1) is 23.1 Å². The molecule has 24 heavy (non-hydrogen) atoms. The highest BCUT2D eigenvalue weighted by molar-refractivity contribution is 6.34. The molecule has 7 heteroatoms. The molecular formula is C17H23ClN4O2. The molecule has 6 nitrogen and oxygen atoms in total. The molecule has 0 aliphatic carbocycles. The summed E-state index contributed by atoms with van der Waals surface area (Å²) >= 11 is 5.99. The first kappa shape index (κ1) is 19.8. The van der Waals surface area contributed by atoms with Crippen LogP contribution in [0.2, 0.25) is 5.02 Å². The lowest BCUT2D eigenvalue weighted by Gasteiger charge is -2.26. The van der Waals surface area contributed by atoms with Crippen LogP contribution in [0.4, 0.5) is 10.5 Å². The Balaban J connectivity index is 2.85. The number of benzene rings is 1. The molecule has 0 fully saturated rings. The first-order valence-corrected chi connectivity index (χ1v) is 8.32. The molecule has 0 saturated heterocycles. The van der Waals surface area contributed by atoms with Crippen molar-refractivity contribution < 1.29 is 9.59 Å². The minimum Gasteiger partial charge on any atom is -0.366 e. The van der Waals surface area contributed by atoms with E-state index in [-0.39, 0.29) is 23.0 Å². The van der Waals surface area contributed by atoms with Crippen LogP contribution in [0.15, 0.2) is 18.2 Å². The van der Waals surface area contributed by atoms with E-state index in [0.29, 0.717) is 24.7 Å². The zero-order chi connectivity index (χ0) is 18.1. The van der Waals surface area contributed by atoms with Crippen LogP contribution in [-0.2, 0) is 0 Å². The molecule has 0 aromatic heterocycles. The number of hydrogen-bond donors (Lipinski definition) is 2. The number of anilines is 1. The fourth-order valence-corrected chi connectivity index (χ4v) is 2.59. The predicted molar refractivity (Wildman–Crippen MR) is 94.9 cm³/mol. The van der Waals surface area contributed by atoms with Crippen LogP contribution < -0.4 is 11.1 Å². The number of amides is 3. The van der Waals surface area contributed by atoms with Gasteiger partial charge in [-0.15, -0.1) is 0 Å². The summed E-state index contributed by atoms with van der Waals surface area (Å²) in [5.41, 5.74) is 5.88. The third-order valence-corrected chi connectivity index (χ3v) is 4.21. The Hall–Kier alpha value is -2.26. The van der Waals surface area contributed by atoms with Crippen molar-refractivity contribution >= 4 is 29.2 Å². The topological polar surface area (TPSA) is 99.2 Å². The molecular weight excluding hydrogens is 328 g/mol. The Kier molecular flexibility index (Phi) is 8.07. The smallest absolute Gasteiger partial charge is 0.321 e. The molecule has 0 heterocycles. The normalized spacial score (nSPS) is 10.3. The van der Waals surface area contributed by atoms with E-state index in [0.717, 1.165) is 12.8 Å². The maximum absolute atomic E-state index is 12.5. The number of hydrogen-bond acceptors (Lipinski definition) is 3. The Morgan fingerprint density at radius 3 is 2.54 bits per heavy atom. The molecule has 1 aromatic rings. The van der Waals surface area contributed by atoms with Crippen molar-refractivity contribution in [3.63, 3.8) is 0 Å². The lowest BCUT2D eigenvalue weighted by Crippen LogP contribution is -2.39. The van der Waals surface area contributed by atoms with Crippen LogP contribution in [0.1, 0.15) is 43.5 Å². The van der Waals surface area contributed by atoms with Gasteiger partial charge in [-0.2, -0.15) is 5.26 Å². The molecule has 0 aliphatic heterocycles. The predicted octanol–water partition coefficient (Wildman–Crippen LogP) is 3.62. The number of nitrogens with one attached hydrogen (secondary N) is 1. The van der Waals surface area contributed by atoms with Crippen molar-refractivity contribution in [2.75, 3.05) is 18.4 Å². The average molecular weight is 351 g/mol. The molecule has 0 bridgehead atoms. The van der Waals surface area contributed by atoms with Gasteiger partial charge in [0.15, 0.2) is 0 Å². The molecule has 1 rings (SSSR count). The number of urea groups is 1. The van der Waals surface area contributed by atoms with E-state index in [1.165, 1.54) is 12.1 Å². The lowest BCUT2D eigenvalue weighted by atomic mass is 10.0. The van der Waals surface area contributed by atoms with E-state index >= 15 is 0 Å². The molecule has 130 valence electrons. The molecule has 0 radical (unpaired) electrons. The van der Waals surface area contributed by atoms with E-state index in [9.17, 15) is 9.59 Å². The van der Waals surface area contributed by atoms with Crippen LogP contribution >= 0.6 is 11.6 Å². The van der Waals surface area contributed by atoms with Crippen LogP contribution in [0.5, 0.6) is 0 Å². The number of carbonyl (C=O) groups excluding carboxylic acids is 2. The molecule has 0 unspecified atom stereocenters. The summed E-state index contributed by atoms with van der Waals surface area (Å²) in [6.45, 7) is 5.12. The van der Waals surface area contributed by atoms with Gasteiger partial charge in [-0.25, -0.2) is 4.79 Å². The van der Waals surface area contributed by atoms with Crippen molar-refractivity contribution in [1.82, 2.24) is 4.90 Å². The van der Waals surface area contributed by atoms with Crippen molar-refractivity contribution in [3.8, 4) is 6.07 Å². The summed E-state index contributed by atoms with van der Waals surface area (Å²) in [4.78, 5) is 25.3. The SMILES string of the molecule is CCC(CC)CN(CCC#N)C(=O)Nc1ccc(C(N)=O)c(Cl)c1. The fourth-order valence-electron chi connectivity index (χ4n) is 2.31. The Morgan fingerprint density at radius 1 is 1.38 bits per heavy atom. The maximum atomic E-state index is 12.5. The lowest BCUT2D eigenvalue weighted by molar-refractivity contribution is 0.100. The zero-order valence-corrected chi connectivity index (χ0v) is 14.8. The van der Waals surface area contributed by atoms with E-state index < -0.39 is 5.91 Å². The minimum absolute atomic E-state index is 0.184. The van der Waals surface area contributed by atoms with Crippen molar-refractivity contribution in [1.29, 1.82) is 5.26 Å². The van der Waals surface area contributed by atoms with Gasteiger partial charge in [-0.05, 0) is 24.1 Å². The monoisotopic (exact) mass is 350 g/mol. The number of carbonyl (C=O) groups is 2. The Labute approximate surface area is 147 Å². The van der Waals surface area contributed by atoms with E-state index in [1.807, 2.05) is 0 Å². The summed E-state index contributed by atoms with van der Waals surface area (Å²) in [5, 5.41) is 11.7. The second-order valence-corrected chi connectivity index (χ2v) is 5.93. The van der Waals surface area contributed by atoms with Gasteiger partial charge < -0.3 is 16.0 Å². The number of nitrogens with two attached hydrogens (primary N) is 1. The van der Waals surface area contributed by atoms with Gasteiger partial charge in [0.2, 0.25) is 5.91 Å². The second kappa shape index (κ2) is 9.78. The maximum Gasteiger partial charge on any atom is 0.321 e. The van der Waals surface area contributed by atoms with Gasteiger partial charge in [-0.3, -0.25) is 4.79 Å². The van der Waals surface area contributed by atoms with Gasteiger partial charge in [0.25, 0.3) is 0 Å². The second-order valence-electron chi connectivity index (χ2n) is 5.53. The Bertz CT molecular complexity index is 624. The summed E-state index contributed by atoms with van der Waals surface area (Å²) in [7, 11) is 0. The van der Waals surface area contributed by atoms with Gasteiger partial charge in [-0.1, -0.05) is 38.3 Å². The standard InChI is InChI=1S/C17H23ClN4O2/c1-3-12(4-2)11-22(9-5-8-19)17(24)21-13-6-7-14(16(20)23)15(18)10-13/h6-7,10,12H,3-5,9,11H2,1-2H3,(H2,20,23)(H,21,24). The van der Waals surface area contributed by atoms with Crippen LogP contribution in [0.25, 0.3) is 0 Å². The number of nitrogens with zero attached hydrogens (tertiary/aromatic N) is 2. The van der Waals surface area contributed by atoms with Gasteiger partial charge >= 0.3 is 6.03 Å². The molecule has 1 aromatic carbocycles. The molecule has 3 amide bonds. The highest BCUT2D eigenvalue weighted by Crippen LogP contribution is 2.21. The fraction of sp³-hybridized carbons (Fsp3) is 0.471. The molecule has 3 N–H and O–H groups in total. The van der Waals surface area contributed by atoms with Crippen molar-refractivity contribution in [3.05, 3.63) is 28.8 Å². The first-order valence-electron chi connectivity index (χ1n) is 7.95. The summed E-state index contributed by atoms with van der Waals surface area (Å²) in [6.07, 6.45) is 2.20. The summed E-state index contributed by atoms with van der Waals surface area (Å²) in [6, 6.07) is 6.30. The third kappa shape index (κ3) is 5.74. The zero-order valence-electron chi connectivity index (χ0n) is 14.0. The molecule has 0 saturated carbocycles. The Morgan fingerprint density at radius 2 is 2.04 bits per heavy atom. The van der Waals surface area contributed by atoms with Crippen LogP contribution in [0, 0.1) is 17.2 Å².